The summed E-state index contributed by atoms with van der Waals surface area (Å²) in [5.74, 6) is 0.709. The summed E-state index contributed by atoms with van der Waals surface area (Å²) >= 11 is 0. The van der Waals surface area contributed by atoms with Gasteiger partial charge in [0.25, 0.3) is 0 Å². The third kappa shape index (κ3) is 4.64. The Morgan fingerprint density at radius 2 is 1.96 bits per heavy atom. The third-order valence-electron chi connectivity index (χ3n) is 3.86. The van der Waals surface area contributed by atoms with Crippen molar-refractivity contribution in [1.82, 2.24) is 19.9 Å². The maximum Gasteiger partial charge on any atom is 0.416 e. The summed E-state index contributed by atoms with van der Waals surface area (Å²) in [5.41, 5.74) is 0.732. The van der Waals surface area contributed by atoms with E-state index in [1.807, 2.05) is 6.92 Å². The van der Waals surface area contributed by atoms with E-state index in [0.29, 0.717) is 29.1 Å². The Balaban J connectivity index is 1.72. The van der Waals surface area contributed by atoms with Crippen molar-refractivity contribution in [2.45, 2.75) is 32.2 Å². The molecular formula is C17H18F3N5O2. The van der Waals surface area contributed by atoms with E-state index in [0.717, 1.165) is 12.1 Å². The lowest BCUT2D eigenvalue weighted by Gasteiger charge is -2.10. The molecule has 10 heteroatoms. The molecule has 0 aliphatic carbocycles. The van der Waals surface area contributed by atoms with Crippen molar-refractivity contribution in [3.05, 3.63) is 41.7 Å². The highest BCUT2D eigenvalue weighted by Crippen LogP contribution is 2.29. The van der Waals surface area contributed by atoms with Crippen molar-refractivity contribution in [3.8, 4) is 5.88 Å². The fourth-order valence-electron chi connectivity index (χ4n) is 2.43. The summed E-state index contributed by atoms with van der Waals surface area (Å²) in [6, 6.07) is 4.74. The first-order chi connectivity index (χ1) is 12.9. The molecule has 0 fully saturated rings. The van der Waals surface area contributed by atoms with Gasteiger partial charge in [-0.2, -0.15) is 23.1 Å². The van der Waals surface area contributed by atoms with Gasteiger partial charge >= 0.3 is 6.18 Å². The number of aliphatic hydroxyl groups excluding tert-OH is 1. The number of aliphatic hydroxyl groups is 1. The molecule has 1 atom stereocenters. The van der Waals surface area contributed by atoms with Crippen LogP contribution in [0.1, 0.15) is 24.5 Å². The number of aromatic nitrogens is 4. The Morgan fingerprint density at radius 3 is 2.63 bits per heavy atom. The highest BCUT2D eigenvalue weighted by atomic mass is 19.4. The number of hydrogen-bond donors (Lipinski definition) is 3. The van der Waals surface area contributed by atoms with Gasteiger partial charge in [0.05, 0.1) is 5.56 Å². The van der Waals surface area contributed by atoms with Gasteiger partial charge in [0.1, 0.15) is 18.5 Å². The number of nitrogens with one attached hydrogen (secondary N) is 2. The van der Waals surface area contributed by atoms with Crippen LogP contribution in [0.15, 0.2) is 30.6 Å². The molecule has 0 bridgehead atoms. The van der Waals surface area contributed by atoms with Crippen LogP contribution < -0.4 is 10.1 Å². The predicted octanol–water partition coefficient (Wildman–Crippen LogP) is 3.13. The number of benzene rings is 1. The SMILES string of the molecule is CC(CCO)Nc1nc2ncnc(OCc3ccc(C(F)(F)F)cc3)c2[nH]1. The molecule has 2 aromatic heterocycles. The van der Waals surface area contributed by atoms with Gasteiger partial charge in [-0.1, -0.05) is 12.1 Å². The van der Waals surface area contributed by atoms with Gasteiger partial charge < -0.3 is 20.1 Å². The molecule has 7 nitrogen and oxygen atoms in total. The monoisotopic (exact) mass is 381 g/mol. The second-order valence-corrected chi connectivity index (χ2v) is 6.00. The molecule has 3 rings (SSSR count). The van der Waals surface area contributed by atoms with Crippen LogP contribution in [0, 0.1) is 0 Å². The Labute approximate surface area is 152 Å². The number of fused-ring (bicyclic) bond motifs is 1. The molecular weight excluding hydrogens is 363 g/mol. The van der Waals surface area contributed by atoms with Crippen LogP contribution in [0.5, 0.6) is 5.88 Å². The maximum absolute atomic E-state index is 12.6. The largest absolute Gasteiger partial charge is 0.471 e. The highest BCUT2D eigenvalue weighted by Gasteiger charge is 2.29. The number of hydrogen-bond acceptors (Lipinski definition) is 6. The van der Waals surface area contributed by atoms with Gasteiger partial charge in [0.2, 0.25) is 11.8 Å². The van der Waals surface area contributed by atoms with E-state index in [1.165, 1.54) is 18.5 Å². The Morgan fingerprint density at radius 1 is 1.22 bits per heavy atom. The summed E-state index contributed by atoms with van der Waals surface area (Å²) in [6.07, 6.45) is -2.52. The van der Waals surface area contributed by atoms with Crippen LogP contribution in [0.3, 0.4) is 0 Å². The minimum absolute atomic E-state index is 0.0000343. The number of aromatic amines is 1. The standard InChI is InChI=1S/C17H18F3N5O2/c1-10(6-7-26)23-16-24-13-14(25-16)21-9-22-15(13)27-8-11-2-4-12(5-3-11)17(18,19)20/h2-5,9-10,26H,6-8H2,1H3,(H2,21,22,23,24,25). The van der Waals surface area contributed by atoms with Crippen LogP contribution in [-0.2, 0) is 12.8 Å². The van der Waals surface area contributed by atoms with Crippen LogP contribution in [-0.4, -0.2) is 37.7 Å². The number of imidazole rings is 1. The van der Waals surface area contributed by atoms with Crippen molar-refractivity contribution in [2.24, 2.45) is 0 Å². The van der Waals surface area contributed by atoms with Gasteiger partial charge in [0.15, 0.2) is 5.65 Å². The fourth-order valence-corrected chi connectivity index (χ4v) is 2.43. The zero-order valence-electron chi connectivity index (χ0n) is 14.4. The lowest BCUT2D eigenvalue weighted by Crippen LogP contribution is -2.17. The lowest BCUT2D eigenvalue weighted by atomic mass is 10.1. The molecule has 2 heterocycles. The number of ether oxygens (including phenoxy) is 1. The van der Waals surface area contributed by atoms with Gasteiger partial charge in [-0.05, 0) is 31.0 Å². The first-order valence-electron chi connectivity index (χ1n) is 8.24. The molecule has 27 heavy (non-hydrogen) atoms. The van der Waals surface area contributed by atoms with E-state index in [-0.39, 0.29) is 25.1 Å². The van der Waals surface area contributed by atoms with Crippen molar-refractivity contribution < 1.29 is 23.0 Å². The summed E-state index contributed by atoms with van der Waals surface area (Å²) in [4.78, 5) is 15.4. The summed E-state index contributed by atoms with van der Waals surface area (Å²) in [5, 5.41) is 12.1. The van der Waals surface area contributed by atoms with Crippen LogP contribution >= 0.6 is 0 Å². The molecule has 3 aromatic rings. The average Bonchev–Trinajstić information content (AvgIpc) is 3.02. The summed E-state index contributed by atoms with van der Waals surface area (Å²) in [6.45, 7) is 2.00. The fraction of sp³-hybridized carbons (Fsp3) is 0.353. The Bertz CT molecular complexity index is 896. The van der Waals surface area contributed by atoms with Gasteiger partial charge in [-0.3, -0.25) is 0 Å². The lowest BCUT2D eigenvalue weighted by molar-refractivity contribution is -0.137. The minimum atomic E-state index is -4.37. The quantitative estimate of drug-likeness (QED) is 0.582. The van der Waals surface area contributed by atoms with Crippen LogP contribution in [0.25, 0.3) is 11.2 Å². The summed E-state index contributed by atoms with van der Waals surface area (Å²) < 4.78 is 43.4. The second-order valence-electron chi connectivity index (χ2n) is 6.00. The molecule has 1 unspecified atom stereocenters. The van der Waals surface area contributed by atoms with Gasteiger partial charge in [0, 0.05) is 12.6 Å². The topological polar surface area (TPSA) is 96.0 Å². The normalized spacial score (nSPS) is 12.9. The zero-order chi connectivity index (χ0) is 19.4. The molecule has 0 amide bonds. The number of anilines is 1. The molecule has 0 aliphatic rings. The number of halogens is 3. The van der Waals surface area contributed by atoms with Crippen molar-refractivity contribution >= 4 is 17.1 Å². The smallest absolute Gasteiger partial charge is 0.416 e. The first-order valence-corrected chi connectivity index (χ1v) is 8.24. The number of alkyl halides is 3. The molecule has 0 saturated carbocycles. The molecule has 3 N–H and O–H groups in total. The van der Waals surface area contributed by atoms with Gasteiger partial charge in [-0.25, -0.2) is 4.98 Å². The number of rotatable bonds is 7. The molecule has 0 saturated heterocycles. The average molecular weight is 381 g/mol. The van der Waals surface area contributed by atoms with E-state index >= 15 is 0 Å². The molecule has 0 spiro atoms. The van der Waals surface area contributed by atoms with Crippen molar-refractivity contribution in [1.29, 1.82) is 0 Å². The first kappa shape index (κ1) is 18.9. The van der Waals surface area contributed by atoms with Gasteiger partial charge in [-0.15, -0.1) is 0 Å². The van der Waals surface area contributed by atoms with E-state index < -0.39 is 11.7 Å². The Hall–Kier alpha value is -2.88. The molecule has 0 radical (unpaired) electrons. The number of H-pyrrole nitrogens is 1. The van der Waals surface area contributed by atoms with Crippen molar-refractivity contribution in [2.75, 3.05) is 11.9 Å². The molecule has 0 aliphatic heterocycles. The van der Waals surface area contributed by atoms with Crippen LogP contribution in [0.2, 0.25) is 0 Å². The van der Waals surface area contributed by atoms with Crippen LogP contribution in [0.4, 0.5) is 19.1 Å². The summed E-state index contributed by atoms with van der Waals surface area (Å²) in [7, 11) is 0. The second kappa shape index (κ2) is 7.78. The van der Waals surface area contributed by atoms with E-state index in [9.17, 15) is 13.2 Å². The third-order valence-corrected chi connectivity index (χ3v) is 3.86. The predicted molar refractivity (Wildman–Crippen MR) is 92.2 cm³/mol. The highest BCUT2D eigenvalue weighted by molar-refractivity contribution is 5.78. The van der Waals surface area contributed by atoms with E-state index in [1.54, 1.807) is 0 Å². The van der Waals surface area contributed by atoms with E-state index in [4.69, 9.17) is 9.84 Å². The Kier molecular flexibility index (Phi) is 5.45. The van der Waals surface area contributed by atoms with Crippen molar-refractivity contribution in [3.63, 3.8) is 0 Å². The maximum atomic E-state index is 12.6. The molecule has 1 aromatic carbocycles. The molecule has 144 valence electrons. The van der Waals surface area contributed by atoms with E-state index in [2.05, 4.69) is 25.3 Å². The minimum Gasteiger partial charge on any atom is -0.471 e. The number of nitrogens with zero attached hydrogens (tertiary/aromatic N) is 3. The zero-order valence-corrected chi connectivity index (χ0v) is 14.4.